The monoisotopic (exact) mass is 437 g/mol. The van der Waals surface area contributed by atoms with Gasteiger partial charge in [0, 0.05) is 10.9 Å². The predicted molar refractivity (Wildman–Crippen MR) is 133 cm³/mol. The van der Waals surface area contributed by atoms with Crippen LogP contribution in [0.4, 0.5) is 0 Å². The SMILES string of the molecule is C#CCOc1ccc2cc(C(O)c3cccc(OC)c3)nc(-c3ccc(C(C)C)cc3)c2c1. The highest BCUT2D eigenvalue weighted by molar-refractivity contribution is 5.96. The van der Waals surface area contributed by atoms with Gasteiger partial charge in [-0.05, 0) is 52.8 Å². The lowest BCUT2D eigenvalue weighted by molar-refractivity contribution is 0.215. The average molecular weight is 438 g/mol. The molecule has 4 aromatic rings. The van der Waals surface area contributed by atoms with Gasteiger partial charge >= 0.3 is 0 Å². The molecule has 4 rings (SSSR count). The summed E-state index contributed by atoms with van der Waals surface area (Å²) in [7, 11) is 1.61. The molecule has 4 nitrogen and oxygen atoms in total. The molecule has 1 N–H and O–H groups in total. The second kappa shape index (κ2) is 9.77. The summed E-state index contributed by atoms with van der Waals surface area (Å²) in [6, 6.07) is 23.5. The Bertz CT molecular complexity index is 1300. The number of methoxy groups -OCH3 is 1. The Morgan fingerprint density at radius 1 is 0.939 bits per heavy atom. The molecule has 1 heterocycles. The van der Waals surface area contributed by atoms with Crippen molar-refractivity contribution in [3.63, 3.8) is 0 Å². The van der Waals surface area contributed by atoms with Crippen molar-refractivity contribution in [1.82, 2.24) is 4.98 Å². The van der Waals surface area contributed by atoms with Crippen LogP contribution >= 0.6 is 0 Å². The first kappa shape index (κ1) is 22.4. The van der Waals surface area contributed by atoms with Crippen molar-refractivity contribution in [1.29, 1.82) is 0 Å². The Kier molecular flexibility index (Phi) is 6.63. The van der Waals surface area contributed by atoms with Gasteiger partial charge in [0.2, 0.25) is 0 Å². The van der Waals surface area contributed by atoms with E-state index in [4.69, 9.17) is 20.9 Å². The molecule has 33 heavy (non-hydrogen) atoms. The van der Waals surface area contributed by atoms with Gasteiger partial charge in [0.15, 0.2) is 0 Å². The molecule has 0 saturated carbocycles. The molecule has 0 aliphatic rings. The molecule has 0 saturated heterocycles. The van der Waals surface area contributed by atoms with Gasteiger partial charge in [-0.2, -0.15) is 0 Å². The number of aromatic nitrogens is 1. The molecule has 166 valence electrons. The maximum atomic E-state index is 11.2. The first-order chi connectivity index (χ1) is 16.0. The van der Waals surface area contributed by atoms with Gasteiger partial charge in [-0.25, -0.2) is 4.98 Å². The van der Waals surface area contributed by atoms with Gasteiger partial charge in [-0.3, -0.25) is 0 Å². The molecule has 0 spiro atoms. The predicted octanol–water partition coefficient (Wildman–Crippen LogP) is 6.13. The van der Waals surface area contributed by atoms with Crippen molar-refractivity contribution in [3.8, 4) is 35.1 Å². The van der Waals surface area contributed by atoms with E-state index >= 15 is 0 Å². The molecule has 4 heteroatoms. The van der Waals surface area contributed by atoms with Crippen molar-refractivity contribution in [2.75, 3.05) is 13.7 Å². The highest BCUT2D eigenvalue weighted by atomic mass is 16.5. The lowest BCUT2D eigenvalue weighted by Gasteiger charge is -2.16. The minimum Gasteiger partial charge on any atom is -0.497 e. The molecule has 0 fully saturated rings. The van der Waals surface area contributed by atoms with Crippen molar-refractivity contribution in [3.05, 3.63) is 89.6 Å². The van der Waals surface area contributed by atoms with E-state index in [-0.39, 0.29) is 6.61 Å². The molecule has 1 aromatic heterocycles. The molecular formula is C29H27NO3. The van der Waals surface area contributed by atoms with Gasteiger partial charge < -0.3 is 14.6 Å². The fraction of sp³-hybridized carbons (Fsp3) is 0.207. The zero-order valence-corrected chi connectivity index (χ0v) is 19.1. The lowest BCUT2D eigenvalue weighted by atomic mass is 9.97. The molecule has 3 aromatic carbocycles. The standard InChI is InChI=1S/C29H27NO3/c1-5-15-33-25-14-13-22-17-27(29(31)23-7-6-8-24(16-23)32-4)30-28(26(22)18-25)21-11-9-20(10-12-21)19(2)3/h1,6-14,16-19,29,31H,15H2,2-4H3. The van der Waals surface area contributed by atoms with E-state index in [1.54, 1.807) is 7.11 Å². The van der Waals surface area contributed by atoms with Crippen molar-refractivity contribution in [2.24, 2.45) is 0 Å². The number of nitrogens with zero attached hydrogens (tertiary/aromatic N) is 1. The number of fused-ring (bicyclic) bond motifs is 1. The molecular weight excluding hydrogens is 410 g/mol. The third-order valence-electron chi connectivity index (χ3n) is 5.69. The van der Waals surface area contributed by atoms with Crippen LogP contribution in [0.1, 0.15) is 42.7 Å². The number of benzene rings is 3. The summed E-state index contributed by atoms with van der Waals surface area (Å²) < 4.78 is 11.0. The number of ether oxygens (including phenoxy) is 2. The number of hydrogen-bond acceptors (Lipinski definition) is 4. The second-order valence-corrected chi connectivity index (χ2v) is 8.23. The van der Waals surface area contributed by atoms with E-state index in [0.717, 1.165) is 27.6 Å². The zero-order valence-electron chi connectivity index (χ0n) is 19.1. The number of hydrogen-bond donors (Lipinski definition) is 1. The Morgan fingerprint density at radius 3 is 2.42 bits per heavy atom. The summed E-state index contributed by atoms with van der Waals surface area (Å²) in [6.45, 7) is 4.54. The van der Waals surface area contributed by atoms with Crippen LogP contribution in [0.15, 0.2) is 72.8 Å². The van der Waals surface area contributed by atoms with Crippen LogP contribution in [0.25, 0.3) is 22.0 Å². The summed E-state index contributed by atoms with van der Waals surface area (Å²) in [4.78, 5) is 4.91. The Labute approximate surface area is 194 Å². The number of aliphatic hydroxyl groups excluding tert-OH is 1. The summed E-state index contributed by atoms with van der Waals surface area (Å²) >= 11 is 0. The van der Waals surface area contributed by atoms with E-state index in [1.165, 1.54) is 5.56 Å². The van der Waals surface area contributed by atoms with Gasteiger partial charge in [0.1, 0.15) is 24.2 Å². The van der Waals surface area contributed by atoms with Crippen LogP contribution in [0.5, 0.6) is 11.5 Å². The summed E-state index contributed by atoms with van der Waals surface area (Å²) in [5.41, 5.74) is 4.30. The lowest BCUT2D eigenvalue weighted by Crippen LogP contribution is -2.04. The van der Waals surface area contributed by atoms with E-state index in [9.17, 15) is 5.11 Å². The Hall–Kier alpha value is -3.81. The van der Waals surface area contributed by atoms with Crippen LogP contribution in [-0.4, -0.2) is 23.8 Å². The van der Waals surface area contributed by atoms with Gasteiger partial charge in [-0.15, -0.1) is 6.42 Å². The second-order valence-electron chi connectivity index (χ2n) is 8.23. The maximum absolute atomic E-state index is 11.2. The van der Waals surface area contributed by atoms with Crippen LogP contribution in [0.3, 0.4) is 0 Å². The topological polar surface area (TPSA) is 51.6 Å². The summed E-state index contributed by atoms with van der Waals surface area (Å²) in [5, 5.41) is 13.1. The normalized spacial score (nSPS) is 11.9. The first-order valence-corrected chi connectivity index (χ1v) is 10.9. The average Bonchev–Trinajstić information content (AvgIpc) is 2.86. The van der Waals surface area contributed by atoms with E-state index < -0.39 is 6.10 Å². The van der Waals surface area contributed by atoms with Crippen molar-refractivity contribution in [2.45, 2.75) is 25.9 Å². The first-order valence-electron chi connectivity index (χ1n) is 10.9. The smallest absolute Gasteiger partial charge is 0.148 e. The van der Waals surface area contributed by atoms with Gasteiger partial charge in [-0.1, -0.05) is 62.2 Å². The summed E-state index contributed by atoms with van der Waals surface area (Å²) in [5.74, 6) is 4.31. The molecule has 0 aliphatic carbocycles. The van der Waals surface area contributed by atoms with Crippen LogP contribution < -0.4 is 9.47 Å². The quantitative estimate of drug-likeness (QED) is 0.354. The fourth-order valence-corrected chi connectivity index (χ4v) is 3.83. The van der Waals surface area contributed by atoms with Crippen LogP contribution in [0, 0.1) is 12.3 Å². The van der Waals surface area contributed by atoms with E-state index in [1.807, 2.05) is 48.5 Å². The molecule has 0 bridgehead atoms. The molecule has 0 radical (unpaired) electrons. The highest BCUT2D eigenvalue weighted by Gasteiger charge is 2.17. The van der Waals surface area contributed by atoms with Gasteiger partial charge in [0.25, 0.3) is 0 Å². The Balaban J connectivity index is 1.86. The molecule has 0 aliphatic heterocycles. The maximum Gasteiger partial charge on any atom is 0.148 e. The summed E-state index contributed by atoms with van der Waals surface area (Å²) in [6.07, 6.45) is 4.46. The minimum absolute atomic E-state index is 0.198. The minimum atomic E-state index is -0.893. The fourth-order valence-electron chi connectivity index (χ4n) is 3.83. The van der Waals surface area contributed by atoms with E-state index in [2.05, 4.69) is 44.0 Å². The number of rotatable bonds is 7. The third-order valence-corrected chi connectivity index (χ3v) is 5.69. The van der Waals surface area contributed by atoms with Crippen molar-refractivity contribution >= 4 is 10.8 Å². The third kappa shape index (κ3) is 4.84. The van der Waals surface area contributed by atoms with Gasteiger partial charge in [0.05, 0.1) is 18.5 Å². The number of pyridine rings is 1. The Morgan fingerprint density at radius 2 is 1.73 bits per heavy atom. The number of terminal acetylenes is 1. The highest BCUT2D eigenvalue weighted by Crippen LogP contribution is 2.34. The zero-order chi connectivity index (χ0) is 23.4. The van der Waals surface area contributed by atoms with Crippen LogP contribution in [-0.2, 0) is 0 Å². The molecule has 1 atom stereocenters. The molecule has 0 amide bonds. The van der Waals surface area contributed by atoms with Crippen LogP contribution in [0.2, 0.25) is 0 Å². The number of aliphatic hydroxyl groups is 1. The largest absolute Gasteiger partial charge is 0.497 e. The van der Waals surface area contributed by atoms with Crippen molar-refractivity contribution < 1.29 is 14.6 Å². The van der Waals surface area contributed by atoms with E-state index in [0.29, 0.717) is 23.1 Å². The molecule has 1 unspecified atom stereocenters.